The zero-order chi connectivity index (χ0) is 11.1. The first-order chi connectivity index (χ1) is 6.97. The van der Waals surface area contributed by atoms with Crippen molar-refractivity contribution in [1.82, 2.24) is 0 Å². The molecule has 0 aromatic heterocycles. The van der Waals surface area contributed by atoms with Crippen molar-refractivity contribution in [3.63, 3.8) is 0 Å². The van der Waals surface area contributed by atoms with E-state index in [4.69, 9.17) is 0 Å². The van der Waals surface area contributed by atoms with Crippen LogP contribution in [0.15, 0.2) is 22.7 Å². The molecule has 0 saturated heterocycles. The first-order valence-corrected chi connectivity index (χ1v) is 5.64. The van der Waals surface area contributed by atoms with E-state index >= 15 is 0 Å². The molecule has 0 radical (unpaired) electrons. The van der Waals surface area contributed by atoms with Crippen molar-refractivity contribution in [2.45, 2.75) is 31.4 Å². The maximum Gasteiger partial charge on any atom is 0.416 e. The summed E-state index contributed by atoms with van der Waals surface area (Å²) in [5.41, 5.74) is 0.252. The van der Waals surface area contributed by atoms with Crippen LogP contribution < -0.4 is 0 Å². The highest BCUT2D eigenvalue weighted by Crippen LogP contribution is 2.40. The third-order valence-corrected chi connectivity index (χ3v) is 3.28. The van der Waals surface area contributed by atoms with Gasteiger partial charge in [0, 0.05) is 4.47 Å². The Hall–Kier alpha value is -0.510. The van der Waals surface area contributed by atoms with Crippen LogP contribution in [0.5, 0.6) is 0 Å². The maximum absolute atomic E-state index is 12.5. The first-order valence-electron chi connectivity index (χ1n) is 4.84. The van der Waals surface area contributed by atoms with Gasteiger partial charge in [-0.25, -0.2) is 0 Å². The lowest BCUT2D eigenvalue weighted by atomic mass is 9.80. The summed E-state index contributed by atoms with van der Waals surface area (Å²) in [4.78, 5) is 0. The van der Waals surface area contributed by atoms with Gasteiger partial charge in [-0.05, 0) is 42.5 Å². The minimum Gasteiger partial charge on any atom is -0.166 e. The van der Waals surface area contributed by atoms with Crippen LogP contribution in [0.3, 0.4) is 0 Å². The lowest BCUT2D eigenvalue weighted by Crippen LogP contribution is -2.11. The SMILES string of the molecule is FC(F)(F)c1cc(Br)cc(C2CCC2)c1. The molecule has 15 heavy (non-hydrogen) atoms. The lowest BCUT2D eigenvalue weighted by Gasteiger charge is -2.26. The molecule has 2 rings (SSSR count). The molecule has 1 aliphatic rings. The third-order valence-electron chi connectivity index (χ3n) is 2.82. The molecular weight excluding hydrogens is 269 g/mol. The summed E-state index contributed by atoms with van der Waals surface area (Å²) in [7, 11) is 0. The predicted octanol–water partition coefficient (Wildman–Crippen LogP) is 4.74. The molecule has 1 aliphatic carbocycles. The van der Waals surface area contributed by atoms with E-state index < -0.39 is 11.7 Å². The Morgan fingerprint density at radius 1 is 1.13 bits per heavy atom. The summed E-state index contributed by atoms with van der Waals surface area (Å²) in [6.07, 6.45) is -1.11. The molecule has 0 aliphatic heterocycles. The molecule has 4 heteroatoms. The topological polar surface area (TPSA) is 0 Å². The monoisotopic (exact) mass is 278 g/mol. The molecule has 82 valence electrons. The van der Waals surface area contributed by atoms with E-state index in [2.05, 4.69) is 15.9 Å². The smallest absolute Gasteiger partial charge is 0.166 e. The second kappa shape index (κ2) is 3.81. The summed E-state index contributed by atoms with van der Waals surface area (Å²) in [5.74, 6) is 0.323. The fourth-order valence-corrected chi connectivity index (χ4v) is 2.26. The van der Waals surface area contributed by atoms with Gasteiger partial charge in [0.25, 0.3) is 0 Å². The van der Waals surface area contributed by atoms with E-state index in [0.29, 0.717) is 10.4 Å². The molecule has 0 atom stereocenters. The van der Waals surface area contributed by atoms with Crippen molar-refractivity contribution < 1.29 is 13.2 Å². The van der Waals surface area contributed by atoms with Gasteiger partial charge in [0.05, 0.1) is 5.56 Å². The molecule has 0 N–H and O–H groups in total. The number of rotatable bonds is 1. The fraction of sp³-hybridized carbons (Fsp3) is 0.455. The van der Waals surface area contributed by atoms with Gasteiger partial charge in [-0.2, -0.15) is 13.2 Å². The Bertz CT molecular complexity index is 367. The molecule has 0 amide bonds. The Morgan fingerprint density at radius 3 is 2.27 bits per heavy atom. The average Bonchev–Trinajstić information content (AvgIpc) is 1.97. The lowest BCUT2D eigenvalue weighted by molar-refractivity contribution is -0.137. The zero-order valence-corrected chi connectivity index (χ0v) is 9.53. The van der Waals surface area contributed by atoms with Gasteiger partial charge in [0.1, 0.15) is 0 Å². The largest absolute Gasteiger partial charge is 0.416 e. The van der Waals surface area contributed by atoms with Crippen LogP contribution in [-0.2, 0) is 6.18 Å². The Labute approximate surface area is 94.6 Å². The van der Waals surface area contributed by atoms with Crippen molar-refractivity contribution in [2.75, 3.05) is 0 Å². The van der Waals surface area contributed by atoms with Crippen LogP contribution in [0.4, 0.5) is 13.2 Å². The Kier molecular flexibility index (Phi) is 2.79. The molecule has 1 saturated carbocycles. The Morgan fingerprint density at radius 2 is 1.80 bits per heavy atom. The third kappa shape index (κ3) is 2.36. The molecule has 1 aromatic rings. The molecule has 1 aromatic carbocycles. The maximum atomic E-state index is 12.5. The van der Waals surface area contributed by atoms with E-state index in [1.165, 1.54) is 6.07 Å². The summed E-state index contributed by atoms with van der Waals surface area (Å²) < 4.78 is 38.1. The van der Waals surface area contributed by atoms with Crippen LogP contribution in [0.2, 0.25) is 0 Å². The Balaban J connectivity index is 2.36. The summed E-state index contributed by atoms with van der Waals surface area (Å²) in [5, 5.41) is 0. The highest BCUT2D eigenvalue weighted by molar-refractivity contribution is 9.10. The van der Waals surface area contributed by atoms with Gasteiger partial charge in [-0.1, -0.05) is 22.4 Å². The van der Waals surface area contributed by atoms with E-state index in [1.807, 2.05) is 0 Å². The molecular formula is C11H10BrF3. The first kappa shape index (κ1) is 11.0. The van der Waals surface area contributed by atoms with E-state index in [0.717, 1.165) is 30.9 Å². The van der Waals surface area contributed by atoms with Gasteiger partial charge < -0.3 is 0 Å². The van der Waals surface area contributed by atoms with Crippen LogP contribution >= 0.6 is 15.9 Å². The number of hydrogen-bond acceptors (Lipinski definition) is 0. The van der Waals surface area contributed by atoms with E-state index in [9.17, 15) is 13.2 Å². The summed E-state index contributed by atoms with van der Waals surface area (Å²) in [6.45, 7) is 0. The average molecular weight is 279 g/mol. The van der Waals surface area contributed by atoms with Gasteiger partial charge in [0.15, 0.2) is 0 Å². The van der Waals surface area contributed by atoms with Crippen molar-refractivity contribution >= 4 is 15.9 Å². The summed E-state index contributed by atoms with van der Waals surface area (Å²) in [6, 6.07) is 4.19. The van der Waals surface area contributed by atoms with Crippen molar-refractivity contribution in [2.24, 2.45) is 0 Å². The van der Waals surface area contributed by atoms with Crippen LogP contribution in [0.25, 0.3) is 0 Å². The number of benzene rings is 1. The molecule has 0 heterocycles. The molecule has 1 fully saturated rings. The van der Waals surface area contributed by atoms with Crippen molar-refractivity contribution in [3.8, 4) is 0 Å². The van der Waals surface area contributed by atoms with Crippen LogP contribution in [0.1, 0.15) is 36.3 Å². The van der Waals surface area contributed by atoms with Crippen molar-refractivity contribution in [1.29, 1.82) is 0 Å². The minimum atomic E-state index is -4.25. The second-order valence-corrected chi connectivity index (χ2v) is 4.81. The van der Waals surface area contributed by atoms with E-state index in [-0.39, 0.29) is 0 Å². The zero-order valence-electron chi connectivity index (χ0n) is 7.94. The number of hydrogen-bond donors (Lipinski definition) is 0. The van der Waals surface area contributed by atoms with Gasteiger partial charge >= 0.3 is 6.18 Å². The molecule has 0 unspecified atom stereocenters. The fourth-order valence-electron chi connectivity index (χ4n) is 1.75. The van der Waals surface area contributed by atoms with Gasteiger partial charge in [-0.15, -0.1) is 0 Å². The van der Waals surface area contributed by atoms with Gasteiger partial charge in [-0.3, -0.25) is 0 Å². The minimum absolute atomic E-state index is 0.323. The molecule has 0 bridgehead atoms. The highest BCUT2D eigenvalue weighted by Gasteiger charge is 2.32. The number of alkyl halides is 3. The highest BCUT2D eigenvalue weighted by atomic mass is 79.9. The van der Waals surface area contributed by atoms with Gasteiger partial charge in [0.2, 0.25) is 0 Å². The number of halogens is 4. The molecule has 0 nitrogen and oxygen atoms in total. The van der Waals surface area contributed by atoms with Crippen LogP contribution in [0, 0.1) is 0 Å². The normalized spacial score (nSPS) is 17.6. The standard InChI is InChI=1S/C11H10BrF3/c12-10-5-8(7-2-1-3-7)4-9(6-10)11(13,14)15/h4-7H,1-3H2. The van der Waals surface area contributed by atoms with Crippen LogP contribution in [-0.4, -0.2) is 0 Å². The predicted molar refractivity (Wildman–Crippen MR) is 55.7 cm³/mol. The summed E-state index contributed by atoms with van der Waals surface area (Å²) >= 11 is 3.13. The van der Waals surface area contributed by atoms with Crippen molar-refractivity contribution in [3.05, 3.63) is 33.8 Å². The van der Waals surface area contributed by atoms with E-state index in [1.54, 1.807) is 6.07 Å². The second-order valence-electron chi connectivity index (χ2n) is 3.90. The quantitative estimate of drug-likeness (QED) is 0.696. The molecule has 0 spiro atoms.